The fourth-order valence-corrected chi connectivity index (χ4v) is 2.28. The van der Waals surface area contributed by atoms with Crippen molar-refractivity contribution >= 4 is 5.97 Å². The normalized spacial score (nSPS) is 43.2. The summed E-state index contributed by atoms with van der Waals surface area (Å²) >= 11 is 0. The van der Waals surface area contributed by atoms with E-state index in [1.807, 2.05) is 4.90 Å². The van der Waals surface area contributed by atoms with Crippen LogP contribution in [0.4, 0.5) is 0 Å². The molecule has 0 spiro atoms. The van der Waals surface area contributed by atoms with Gasteiger partial charge < -0.3 is 9.84 Å². The number of esters is 1. The third-order valence-corrected chi connectivity index (χ3v) is 3.00. The molecule has 0 aromatic rings. The lowest BCUT2D eigenvalue weighted by Gasteiger charge is -2.47. The van der Waals surface area contributed by atoms with Crippen LogP contribution in [0.3, 0.4) is 0 Å². The maximum absolute atomic E-state index is 10.8. The number of carbonyl (C=O) groups excluding carboxylic acids is 1. The van der Waals surface area contributed by atoms with Crippen LogP contribution in [0, 0.1) is 5.92 Å². The molecule has 3 fully saturated rings. The van der Waals surface area contributed by atoms with Crippen LogP contribution >= 0.6 is 0 Å². The zero-order valence-electron chi connectivity index (χ0n) is 7.77. The van der Waals surface area contributed by atoms with E-state index in [9.17, 15) is 9.90 Å². The van der Waals surface area contributed by atoms with Gasteiger partial charge in [-0.15, -0.1) is 0 Å². The highest BCUT2D eigenvalue weighted by atomic mass is 16.6. The Morgan fingerprint density at radius 2 is 2.08 bits per heavy atom. The molecule has 1 N–H and O–H groups in total. The molecule has 3 heterocycles. The third kappa shape index (κ3) is 1.56. The predicted octanol–water partition coefficient (Wildman–Crippen LogP) is -0.0379. The molecule has 2 atom stereocenters. The number of ether oxygens (including phenoxy) is 1. The molecule has 4 heteroatoms. The van der Waals surface area contributed by atoms with Crippen LogP contribution in [0.15, 0.2) is 0 Å². The first-order chi connectivity index (χ1) is 6.18. The molecule has 4 nitrogen and oxygen atoms in total. The second-order valence-electron chi connectivity index (χ2n) is 3.86. The Kier molecular flexibility index (Phi) is 2.26. The monoisotopic (exact) mass is 185 g/mol. The van der Waals surface area contributed by atoms with Gasteiger partial charge in [0.1, 0.15) is 6.10 Å². The third-order valence-electron chi connectivity index (χ3n) is 3.00. The van der Waals surface area contributed by atoms with Gasteiger partial charge in [-0.05, 0) is 18.8 Å². The Labute approximate surface area is 77.5 Å². The van der Waals surface area contributed by atoms with E-state index in [1.54, 1.807) is 0 Å². The molecule has 3 saturated heterocycles. The molecule has 3 rings (SSSR count). The van der Waals surface area contributed by atoms with Crippen LogP contribution < -0.4 is 0 Å². The Morgan fingerprint density at radius 1 is 1.46 bits per heavy atom. The molecule has 0 aromatic carbocycles. The van der Waals surface area contributed by atoms with Gasteiger partial charge in [-0.3, -0.25) is 9.69 Å². The molecule has 3 aliphatic heterocycles. The Morgan fingerprint density at radius 3 is 2.54 bits per heavy atom. The van der Waals surface area contributed by atoms with Gasteiger partial charge in [-0.1, -0.05) is 0 Å². The molecule has 0 radical (unpaired) electrons. The summed E-state index contributed by atoms with van der Waals surface area (Å²) < 4.78 is 5.07. The summed E-state index contributed by atoms with van der Waals surface area (Å²) in [5.41, 5.74) is 0. The van der Waals surface area contributed by atoms with Gasteiger partial charge in [-0.2, -0.15) is 0 Å². The van der Waals surface area contributed by atoms with Crippen LogP contribution in [-0.2, 0) is 9.53 Å². The van der Waals surface area contributed by atoms with Crippen molar-refractivity contribution in [3.05, 3.63) is 0 Å². The van der Waals surface area contributed by atoms with Gasteiger partial charge in [0.15, 0.2) is 6.23 Å². The van der Waals surface area contributed by atoms with Crippen molar-refractivity contribution in [2.24, 2.45) is 5.92 Å². The first kappa shape index (κ1) is 8.97. The average Bonchev–Trinajstić information content (AvgIpc) is 2.11. The van der Waals surface area contributed by atoms with E-state index in [2.05, 4.69) is 0 Å². The fraction of sp³-hybridized carbons (Fsp3) is 0.889. The standard InChI is InChI=1S/C9H15NO3/c1-6(11)13-9-8(12)7-2-4-10(9)5-3-7/h7-9,12H,2-5H2,1H3. The number of aliphatic hydroxyl groups is 1. The lowest BCUT2D eigenvalue weighted by molar-refractivity contribution is -0.198. The van der Waals surface area contributed by atoms with Crippen molar-refractivity contribution in [3.63, 3.8) is 0 Å². The van der Waals surface area contributed by atoms with E-state index in [0.29, 0.717) is 5.92 Å². The highest BCUT2D eigenvalue weighted by Gasteiger charge is 2.42. The number of rotatable bonds is 1. The lowest BCUT2D eigenvalue weighted by Crippen LogP contribution is -2.59. The molecule has 13 heavy (non-hydrogen) atoms. The molecule has 0 saturated carbocycles. The van der Waals surface area contributed by atoms with E-state index in [1.165, 1.54) is 6.92 Å². The van der Waals surface area contributed by atoms with Gasteiger partial charge >= 0.3 is 5.97 Å². The Bertz CT molecular complexity index is 209. The number of aliphatic hydroxyl groups excluding tert-OH is 1. The minimum Gasteiger partial charge on any atom is -0.444 e. The van der Waals surface area contributed by atoms with E-state index < -0.39 is 6.10 Å². The van der Waals surface area contributed by atoms with Crippen LogP contribution in [-0.4, -0.2) is 41.4 Å². The molecule has 74 valence electrons. The minimum absolute atomic E-state index is 0.309. The first-order valence-electron chi connectivity index (χ1n) is 4.78. The lowest BCUT2D eigenvalue weighted by atomic mass is 9.84. The van der Waals surface area contributed by atoms with E-state index >= 15 is 0 Å². The number of fused-ring (bicyclic) bond motifs is 3. The van der Waals surface area contributed by atoms with Crippen molar-refractivity contribution in [2.75, 3.05) is 13.1 Å². The van der Waals surface area contributed by atoms with Crippen LogP contribution in [0.1, 0.15) is 19.8 Å². The second kappa shape index (κ2) is 3.27. The predicted molar refractivity (Wildman–Crippen MR) is 45.9 cm³/mol. The molecule has 2 bridgehead atoms. The Balaban J connectivity index is 2.05. The molecular weight excluding hydrogens is 170 g/mol. The largest absolute Gasteiger partial charge is 0.444 e. The van der Waals surface area contributed by atoms with Crippen LogP contribution in [0.2, 0.25) is 0 Å². The minimum atomic E-state index is -0.480. The molecule has 0 aliphatic carbocycles. The molecular formula is C9H15NO3. The number of hydrogen-bond donors (Lipinski definition) is 1. The topological polar surface area (TPSA) is 49.8 Å². The van der Waals surface area contributed by atoms with Crippen molar-refractivity contribution < 1.29 is 14.6 Å². The summed E-state index contributed by atoms with van der Waals surface area (Å²) in [6.45, 7) is 3.27. The number of hydrogen-bond acceptors (Lipinski definition) is 4. The molecule has 2 unspecified atom stereocenters. The maximum atomic E-state index is 10.8. The van der Waals surface area contributed by atoms with E-state index in [4.69, 9.17) is 4.74 Å². The smallest absolute Gasteiger partial charge is 0.304 e. The fourth-order valence-electron chi connectivity index (χ4n) is 2.28. The summed E-state index contributed by atoms with van der Waals surface area (Å²) in [5, 5.41) is 9.79. The van der Waals surface area contributed by atoms with Crippen molar-refractivity contribution in [2.45, 2.75) is 32.1 Å². The second-order valence-corrected chi connectivity index (χ2v) is 3.86. The van der Waals surface area contributed by atoms with Gasteiger partial charge in [0.25, 0.3) is 0 Å². The number of carbonyl (C=O) groups is 1. The van der Waals surface area contributed by atoms with Crippen molar-refractivity contribution in [3.8, 4) is 0 Å². The summed E-state index contributed by atoms with van der Waals surface area (Å²) in [6.07, 6.45) is 1.19. The zero-order chi connectivity index (χ0) is 9.42. The number of nitrogens with zero attached hydrogens (tertiary/aromatic N) is 1. The van der Waals surface area contributed by atoms with Crippen molar-refractivity contribution in [1.29, 1.82) is 0 Å². The summed E-state index contributed by atoms with van der Waals surface area (Å²) in [4.78, 5) is 12.8. The summed E-state index contributed by atoms with van der Waals surface area (Å²) in [5.74, 6) is 0.0194. The van der Waals surface area contributed by atoms with Crippen LogP contribution in [0.25, 0.3) is 0 Å². The maximum Gasteiger partial charge on any atom is 0.304 e. The van der Waals surface area contributed by atoms with Crippen molar-refractivity contribution in [1.82, 2.24) is 4.90 Å². The average molecular weight is 185 g/mol. The SMILES string of the molecule is CC(=O)OC1C(O)C2CCN1CC2. The highest BCUT2D eigenvalue weighted by Crippen LogP contribution is 2.32. The van der Waals surface area contributed by atoms with E-state index in [0.717, 1.165) is 25.9 Å². The zero-order valence-corrected chi connectivity index (χ0v) is 7.77. The highest BCUT2D eigenvalue weighted by molar-refractivity contribution is 5.66. The number of piperidine rings is 3. The molecule has 0 amide bonds. The summed E-state index contributed by atoms with van der Waals surface area (Å²) in [7, 11) is 0. The van der Waals surface area contributed by atoms with Gasteiger partial charge in [0, 0.05) is 20.0 Å². The Hall–Kier alpha value is -0.610. The molecule has 0 aromatic heterocycles. The van der Waals surface area contributed by atoms with Gasteiger partial charge in [-0.25, -0.2) is 0 Å². The molecule has 3 aliphatic rings. The van der Waals surface area contributed by atoms with Gasteiger partial charge in [0.05, 0.1) is 0 Å². The quantitative estimate of drug-likeness (QED) is 0.582. The van der Waals surface area contributed by atoms with E-state index in [-0.39, 0.29) is 12.2 Å². The van der Waals surface area contributed by atoms with Gasteiger partial charge in [0.2, 0.25) is 0 Å². The van der Waals surface area contributed by atoms with Crippen LogP contribution in [0.5, 0.6) is 0 Å². The first-order valence-corrected chi connectivity index (χ1v) is 4.78. The summed E-state index contributed by atoms with van der Waals surface area (Å²) in [6, 6.07) is 0.